The maximum absolute atomic E-state index is 12.7. The van der Waals surface area contributed by atoms with Gasteiger partial charge in [0.25, 0.3) is 5.91 Å². The summed E-state index contributed by atoms with van der Waals surface area (Å²) in [7, 11) is 0. The predicted octanol–water partition coefficient (Wildman–Crippen LogP) is 3.33. The molecule has 2 aliphatic carbocycles. The van der Waals surface area contributed by atoms with Crippen LogP contribution in [-0.4, -0.2) is 39.7 Å². The number of hydrogen-bond donors (Lipinski definition) is 3. The number of halogens is 1. The van der Waals surface area contributed by atoms with E-state index in [2.05, 4.69) is 46.2 Å². The van der Waals surface area contributed by atoms with Gasteiger partial charge in [-0.2, -0.15) is 5.10 Å². The zero-order valence-corrected chi connectivity index (χ0v) is 18.8. The molecule has 1 saturated carbocycles. The van der Waals surface area contributed by atoms with Crippen molar-refractivity contribution in [3.8, 4) is 0 Å². The highest BCUT2D eigenvalue weighted by atomic mass is 35.5. The van der Waals surface area contributed by atoms with Crippen LogP contribution in [0.15, 0.2) is 48.1 Å². The predicted molar refractivity (Wildman–Crippen MR) is 123 cm³/mol. The number of alkyl halides is 1. The highest BCUT2D eigenvalue weighted by Crippen LogP contribution is 2.35. The van der Waals surface area contributed by atoms with Crippen molar-refractivity contribution in [2.45, 2.75) is 63.0 Å². The molecule has 0 radical (unpaired) electrons. The van der Waals surface area contributed by atoms with Crippen LogP contribution in [0.2, 0.25) is 0 Å². The van der Waals surface area contributed by atoms with Crippen molar-refractivity contribution in [3.05, 3.63) is 53.7 Å². The first-order valence-corrected chi connectivity index (χ1v) is 12.0. The molecule has 0 bridgehead atoms. The van der Waals surface area contributed by atoms with Crippen molar-refractivity contribution in [1.29, 1.82) is 0 Å². The van der Waals surface area contributed by atoms with Crippen molar-refractivity contribution in [2.75, 3.05) is 6.54 Å². The van der Waals surface area contributed by atoms with Crippen molar-refractivity contribution in [3.63, 3.8) is 0 Å². The number of amides is 1. The summed E-state index contributed by atoms with van der Waals surface area (Å²) < 4.78 is 1.95. The molecule has 6 atom stereocenters. The molecular formula is C24H32ClN5O. The molecule has 1 amide bonds. The van der Waals surface area contributed by atoms with Crippen LogP contribution in [0.1, 0.15) is 49.4 Å². The van der Waals surface area contributed by atoms with Crippen LogP contribution < -0.4 is 16.0 Å². The maximum atomic E-state index is 12.7. The molecule has 2 aliphatic heterocycles. The Kier molecular flexibility index (Phi) is 5.83. The first-order chi connectivity index (χ1) is 15.0. The Bertz CT molecular complexity index is 919. The summed E-state index contributed by atoms with van der Waals surface area (Å²) in [5, 5.41) is 14.6. The zero-order valence-electron chi connectivity index (χ0n) is 18.1. The van der Waals surface area contributed by atoms with E-state index in [1.807, 2.05) is 17.1 Å². The number of rotatable bonds is 5. The Morgan fingerprint density at radius 1 is 1.32 bits per heavy atom. The van der Waals surface area contributed by atoms with Gasteiger partial charge in [0, 0.05) is 36.9 Å². The highest BCUT2D eigenvalue weighted by Gasteiger charge is 2.33. The van der Waals surface area contributed by atoms with Gasteiger partial charge in [0.1, 0.15) is 0 Å². The molecule has 6 nitrogen and oxygen atoms in total. The van der Waals surface area contributed by atoms with Crippen LogP contribution in [-0.2, 0) is 6.54 Å². The first kappa shape index (κ1) is 20.7. The minimum atomic E-state index is -0.0647. The Morgan fingerprint density at radius 3 is 3.13 bits per heavy atom. The van der Waals surface area contributed by atoms with Crippen molar-refractivity contribution >= 4 is 17.5 Å². The normalized spacial score (nSPS) is 34.0. The van der Waals surface area contributed by atoms with Gasteiger partial charge in [-0.15, -0.1) is 11.6 Å². The van der Waals surface area contributed by atoms with E-state index in [9.17, 15) is 4.79 Å². The third kappa shape index (κ3) is 4.54. The number of carbonyl (C=O) groups is 1. The fraction of sp³-hybridized carbons (Fsp3) is 0.583. The van der Waals surface area contributed by atoms with Crippen LogP contribution in [0.25, 0.3) is 0 Å². The van der Waals surface area contributed by atoms with Crippen LogP contribution in [0.4, 0.5) is 0 Å². The molecule has 166 valence electrons. The number of allylic oxidation sites excluding steroid dienone is 3. The summed E-state index contributed by atoms with van der Waals surface area (Å²) in [5.41, 5.74) is 3.17. The average Bonchev–Trinajstić information content (AvgIpc) is 3.39. The molecule has 1 unspecified atom stereocenters. The average molecular weight is 442 g/mol. The van der Waals surface area contributed by atoms with Gasteiger partial charge in [-0.05, 0) is 62.6 Å². The van der Waals surface area contributed by atoms with Gasteiger partial charge in [-0.3, -0.25) is 9.48 Å². The smallest absolute Gasteiger partial charge is 0.254 e. The number of nitrogens with zero attached hydrogens (tertiary/aromatic N) is 2. The molecule has 1 aromatic heterocycles. The zero-order chi connectivity index (χ0) is 21.4. The van der Waals surface area contributed by atoms with E-state index >= 15 is 0 Å². The minimum absolute atomic E-state index is 0.0647. The molecule has 0 aromatic carbocycles. The van der Waals surface area contributed by atoms with E-state index in [0.29, 0.717) is 36.0 Å². The molecule has 7 heteroatoms. The van der Waals surface area contributed by atoms with E-state index in [1.165, 1.54) is 37.0 Å². The van der Waals surface area contributed by atoms with Crippen molar-refractivity contribution in [2.24, 2.45) is 17.8 Å². The molecule has 3 N–H and O–H groups in total. The summed E-state index contributed by atoms with van der Waals surface area (Å²) in [4.78, 5) is 12.7. The molecule has 1 fully saturated rings. The second-order valence-corrected chi connectivity index (χ2v) is 10.2. The van der Waals surface area contributed by atoms with Gasteiger partial charge < -0.3 is 16.0 Å². The molecular weight excluding hydrogens is 410 g/mol. The first-order valence-electron chi connectivity index (χ1n) is 11.6. The molecule has 1 aromatic rings. The molecule has 0 spiro atoms. The lowest BCUT2D eigenvalue weighted by Crippen LogP contribution is -2.42. The van der Waals surface area contributed by atoms with Gasteiger partial charge in [-0.25, -0.2) is 0 Å². The number of aromatic nitrogens is 2. The third-order valence-electron chi connectivity index (χ3n) is 7.40. The van der Waals surface area contributed by atoms with Gasteiger partial charge in [-0.1, -0.05) is 18.2 Å². The van der Waals surface area contributed by atoms with Crippen LogP contribution >= 0.6 is 11.6 Å². The van der Waals surface area contributed by atoms with Gasteiger partial charge in [0.05, 0.1) is 23.2 Å². The Hall–Kier alpha value is -2.21. The number of carbonyl (C=O) groups excluding carboxylic acids is 1. The number of hydrogen-bond acceptors (Lipinski definition) is 4. The Morgan fingerprint density at radius 2 is 2.23 bits per heavy atom. The summed E-state index contributed by atoms with van der Waals surface area (Å²) in [6, 6.07) is 0.937. The molecule has 31 heavy (non-hydrogen) atoms. The van der Waals surface area contributed by atoms with Gasteiger partial charge in [0.15, 0.2) is 0 Å². The molecule has 4 aliphatic rings. The lowest BCUT2D eigenvalue weighted by molar-refractivity contribution is 0.0956. The topological polar surface area (TPSA) is 71.0 Å². The van der Waals surface area contributed by atoms with E-state index in [-0.39, 0.29) is 11.3 Å². The Labute approximate surface area is 189 Å². The lowest BCUT2D eigenvalue weighted by atomic mass is 9.75. The molecule has 3 heterocycles. The summed E-state index contributed by atoms with van der Waals surface area (Å²) in [6.07, 6.45) is 17.9. The SMILES string of the molecule is CC1=CC[C@@H]2C[C@H](Cn3cc(C(=O)NCC4=CNC5C=C[C@@H](Cl)C[C@@H]45)cn3)CC[C@@H]2N1. The van der Waals surface area contributed by atoms with Gasteiger partial charge in [0.2, 0.25) is 0 Å². The van der Waals surface area contributed by atoms with Gasteiger partial charge >= 0.3 is 0 Å². The monoisotopic (exact) mass is 441 g/mol. The standard InChI is InChI=1S/C24H32ClN5O/c1-15-2-4-17-8-16(3-6-22(17)29-15)13-30-14-19(12-28-30)24(31)27-11-18-10-26-23-7-5-20(25)9-21(18)23/h2,5,7,10,12,14,16-17,20-23,26,29H,3-4,6,8-9,11,13H2,1H3,(H,27,31)/t16-,17-,20-,21+,22+,23?/m1/s1. The second-order valence-electron chi connectivity index (χ2n) is 9.60. The fourth-order valence-corrected chi connectivity index (χ4v) is 5.95. The third-order valence-corrected chi connectivity index (χ3v) is 7.73. The van der Waals surface area contributed by atoms with E-state index in [4.69, 9.17) is 11.6 Å². The second kappa shape index (κ2) is 8.73. The van der Waals surface area contributed by atoms with Crippen molar-refractivity contribution in [1.82, 2.24) is 25.7 Å². The highest BCUT2D eigenvalue weighted by molar-refractivity contribution is 6.21. The van der Waals surface area contributed by atoms with E-state index in [1.54, 1.807) is 6.20 Å². The minimum Gasteiger partial charge on any atom is -0.386 e. The number of fused-ring (bicyclic) bond motifs is 2. The fourth-order valence-electron chi connectivity index (χ4n) is 5.67. The molecule has 5 rings (SSSR count). The largest absolute Gasteiger partial charge is 0.386 e. The van der Waals surface area contributed by atoms with E-state index in [0.717, 1.165) is 18.9 Å². The van der Waals surface area contributed by atoms with Crippen molar-refractivity contribution < 1.29 is 4.79 Å². The van der Waals surface area contributed by atoms with Crippen LogP contribution in [0.3, 0.4) is 0 Å². The summed E-state index contributed by atoms with van der Waals surface area (Å²) >= 11 is 6.29. The van der Waals surface area contributed by atoms with E-state index < -0.39 is 0 Å². The van der Waals surface area contributed by atoms with Crippen LogP contribution in [0, 0.1) is 17.8 Å². The Balaban J connectivity index is 1.12. The van der Waals surface area contributed by atoms with Crippen LogP contribution in [0.5, 0.6) is 0 Å². The maximum Gasteiger partial charge on any atom is 0.254 e. The quantitative estimate of drug-likeness (QED) is 0.484. The summed E-state index contributed by atoms with van der Waals surface area (Å²) in [5.74, 6) is 1.64. The lowest BCUT2D eigenvalue weighted by Gasteiger charge is -2.39. The molecule has 0 saturated heterocycles. The summed E-state index contributed by atoms with van der Waals surface area (Å²) in [6.45, 7) is 3.60. The number of nitrogens with one attached hydrogen (secondary N) is 3.